The predicted molar refractivity (Wildman–Crippen MR) is 174 cm³/mol. The van der Waals surface area contributed by atoms with E-state index in [4.69, 9.17) is 20.6 Å². The molecule has 252 valence electrons. The number of nitrogens with zero attached hydrogens (tertiary/aromatic N) is 5. The van der Waals surface area contributed by atoms with Gasteiger partial charge in [0.25, 0.3) is 0 Å². The summed E-state index contributed by atoms with van der Waals surface area (Å²) in [6.45, 7) is 0.137. The number of primary amides is 1. The Morgan fingerprint density at radius 3 is 2.60 bits per heavy atom. The van der Waals surface area contributed by atoms with E-state index in [0.29, 0.717) is 36.4 Å². The van der Waals surface area contributed by atoms with Crippen LogP contribution in [0.1, 0.15) is 77.0 Å². The number of hydrogen-bond donors (Lipinski definition) is 3. The van der Waals surface area contributed by atoms with Gasteiger partial charge >= 0.3 is 5.97 Å². The van der Waals surface area contributed by atoms with E-state index >= 15 is 0 Å². The van der Waals surface area contributed by atoms with Crippen LogP contribution in [0.3, 0.4) is 0 Å². The van der Waals surface area contributed by atoms with E-state index in [2.05, 4.69) is 15.4 Å². The van der Waals surface area contributed by atoms with Crippen LogP contribution in [0.5, 0.6) is 5.88 Å². The molecule has 0 aromatic carbocycles. The number of nitrogens with two attached hydrogens (primary N) is 1. The van der Waals surface area contributed by atoms with Crippen LogP contribution in [0.4, 0.5) is 0 Å². The first-order valence-electron chi connectivity index (χ1n) is 16.7. The second-order valence-corrected chi connectivity index (χ2v) is 14.2. The van der Waals surface area contributed by atoms with Gasteiger partial charge in [-0.05, 0) is 61.5 Å². The van der Waals surface area contributed by atoms with Gasteiger partial charge in [-0.15, -0.1) is 11.3 Å². The summed E-state index contributed by atoms with van der Waals surface area (Å²) < 4.78 is 8.84. The Morgan fingerprint density at radius 1 is 1.11 bits per heavy atom. The molecule has 0 radical (unpaired) electrons. The molecule has 3 aromatic rings. The number of aryl methyl sites for hydroxylation is 1. The monoisotopic (exact) mass is 665 g/mol. The minimum absolute atomic E-state index is 0.137. The molecule has 4 heterocycles. The topological polar surface area (TPSA) is 183 Å². The highest BCUT2D eigenvalue weighted by molar-refractivity contribution is 7.17. The highest BCUT2D eigenvalue weighted by atomic mass is 32.1. The molecule has 2 aliphatic carbocycles. The molecule has 14 heteroatoms. The number of carbonyl (C=O) groups is 4. The average molecular weight is 666 g/mol. The van der Waals surface area contributed by atoms with Gasteiger partial charge < -0.3 is 25.8 Å². The minimum Gasteiger partial charge on any atom is -0.481 e. The molecular weight excluding hydrogens is 622 g/mol. The Kier molecular flexibility index (Phi) is 10.0. The molecule has 13 nitrogen and oxygen atoms in total. The normalized spacial score (nSPS) is 22.7. The third-order valence-corrected chi connectivity index (χ3v) is 10.5. The van der Waals surface area contributed by atoms with Gasteiger partial charge in [-0.1, -0.05) is 32.1 Å². The lowest BCUT2D eigenvalue weighted by Crippen LogP contribution is -2.53. The second kappa shape index (κ2) is 14.4. The molecule has 5 atom stereocenters. The maximum absolute atomic E-state index is 14.0. The van der Waals surface area contributed by atoms with Crippen molar-refractivity contribution in [3.05, 3.63) is 23.7 Å². The van der Waals surface area contributed by atoms with Gasteiger partial charge in [0.05, 0.1) is 18.0 Å². The maximum Gasteiger partial charge on any atom is 0.306 e. The van der Waals surface area contributed by atoms with Crippen LogP contribution in [0.25, 0.3) is 21.7 Å². The number of ether oxygens (including phenoxy) is 1. The molecule has 6 rings (SSSR count). The van der Waals surface area contributed by atoms with Crippen LogP contribution >= 0.6 is 11.3 Å². The van der Waals surface area contributed by atoms with Crippen molar-refractivity contribution >= 4 is 45.2 Å². The number of rotatable bonds is 17. The lowest BCUT2D eigenvalue weighted by atomic mass is 10.0. The Bertz CT molecular complexity index is 1620. The zero-order chi connectivity index (χ0) is 33.1. The largest absolute Gasteiger partial charge is 0.481 e. The van der Waals surface area contributed by atoms with E-state index in [1.54, 1.807) is 10.9 Å². The number of aromatic nitrogens is 4. The summed E-state index contributed by atoms with van der Waals surface area (Å²) in [7, 11) is 1.81. The zero-order valence-corrected chi connectivity index (χ0v) is 27.5. The van der Waals surface area contributed by atoms with E-state index in [1.807, 2.05) is 24.6 Å². The summed E-state index contributed by atoms with van der Waals surface area (Å²) in [5.74, 6) is -0.415. The van der Waals surface area contributed by atoms with Gasteiger partial charge in [-0.2, -0.15) is 10.1 Å². The number of thiophene rings is 1. The number of carboxylic acid groups (broad SMARTS) is 1. The molecule has 0 bridgehead atoms. The Hall–Kier alpha value is -4.07. The SMILES string of the molecule is Cn1nccc1-c1nc(OC2C[C@@H](C(N)=O)N(C(=O)C(CCCCCCC[C@@H]3C[C@@H]3C(=O)O)NC(=O)CC3CC3)C2)c2sccc2n1. The van der Waals surface area contributed by atoms with Crippen molar-refractivity contribution in [3.63, 3.8) is 0 Å². The number of carbonyl (C=O) groups excluding carboxylic acids is 3. The highest BCUT2D eigenvalue weighted by Crippen LogP contribution is 2.42. The van der Waals surface area contributed by atoms with Crippen molar-refractivity contribution in [3.8, 4) is 17.4 Å². The highest BCUT2D eigenvalue weighted by Gasteiger charge is 2.43. The molecule has 3 fully saturated rings. The minimum atomic E-state index is -0.871. The third-order valence-electron chi connectivity index (χ3n) is 9.59. The van der Waals surface area contributed by atoms with E-state index in [0.717, 1.165) is 73.7 Å². The molecule has 2 saturated carbocycles. The fourth-order valence-corrected chi connectivity index (χ4v) is 7.39. The van der Waals surface area contributed by atoms with Gasteiger partial charge in [0.1, 0.15) is 28.6 Å². The Morgan fingerprint density at radius 2 is 1.89 bits per heavy atom. The Labute approximate surface area is 277 Å². The number of aliphatic carboxylic acids is 1. The average Bonchev–Trinajstić information content (AvgIpc) is 3.84. The molecule has 1 aliphatic heterocycles. The number of fused-ring (bicyclic) bond motifs is 1. The Balaban J connectivity index is 1.09. The fourth-order valence-electron chi connectivity index (χ4n) is 6.63. The first kappa shape index (κ1) is 32.9. The summed E-state index contributed by atoms with van der Waals surface area (Å²) in [6, 6.07) is 2.08. The van der Waals surface area contributed by atoms with Crippen molar-refractivity contribution < 1.29 is 29.0 Å². The molecule has 2 unspecified atom stereocenters. The standard InChI is InChI=1S/C33H43N7O6S/c1-39-25(11-13-35-39)30-37-23-12-14-47-28(23)31(38-30)46-21-17-26(29(34)42)40(18-21)32(43)24(36-27(41)15-19-9-10-19)8-6-4-2-3-5-7-20-16-22(20)33(44)45/h11-14,19-22,24,26H,2-10,15-18H2,1H3,(H2,34,42)(H,36,41)(H,44,45)/t20-,21?,22+,24?,26+/m1/s1. The van der Waals surface area contributed by atoms with Crippen molar-refractivity contribution in [2.24, 2.45) is 30.5 Å². The number of nitrogens with one attached hydrogen (secondary N) is 1. The van der Waals surface area contributed by atoms with Gasteiger partial charge in [0.15, 0.2) is 5.82 Å². The van der Waals surface area contributed by atoms with E-state index in [9.17, 15) is 19.2 Å². The quantitative estimate of drug-likeness (QED) is 0.181. The van der Waals surface area contributed by atoms with Crippen molar-refractivity contribution in [2.45, 2.75) is 95.2 Å². The number of amides is 3. The summed E-state index contributed by atoms with van der Waals surface area (Å²) in [5, 5.41) is 18.2. The van der Waals surface area contributed by atoms with E-state index < -0.39 is 30.1 Å². The van der Waals surface area contributed by atoms with Crippen molar-refractivity contribution in [1.82, 2.24) is 30.0 Å². The van der Waals surface area contributed by atoms with Gasteiger partial charge in [-0.3, -0.25) is 23.9 Å². The number of unbranched alkanes of at least 4 members (excludes halogenated alkanes) is 4. The summed E-state index contributed by atoms with van der Waals surface area (Å²) in [5.41, 5.74) is 7.26. The molecule has 3 amide bonds. The first-order valence-corrected chi connectivity index (χ1v) is 17.6. The summed E-state index contributed by atoms with van der Waals surface area (Å²) >= 11 is 1.45. The predicted octanol–water partition coefficient (Wildman–Crippen LogP) is 3.66. The smallest absolute Gasteiger partial charge is 0.306 e. The van der Waals surface area contributed by atoms with Crippen LogP contribution in [0, 0.1) is 17.8 Å². The van der Waals surface area contributed by atoms with Crippen molar-refractivity contribution in [2.75, 3.05) is 6.54 Å². The molecule has 47 heavy (non-hydrogen) atoms. The molecule has 0 spiro atoms. The van der Waals surface area contributed by atoms with Crippen LogP contribution in [0.2, 0.25) is 0 Å². The molecule has 1 saturated heterocycles. The van der Waals surface area contributed by atoms with Gasteiger partial charge in [0, 0.05) is 26.1 Å². The van der Waals surface area contributed by atoms with Crippen molar-refractivity contribution in [1.29, 1.82) is 0 Å². The fraction of sp³-hybridized carbons (Fsp3) is 0.606. The van der Waals surface area contributed by atoms with Crippen LogP contribution in [-0.4, -0.2) is 78.2 Å². The number of carboxylic acids is 1. The van der Waals surface area contributed by atoms with E-state index in [-0.39, 0.29) is 30.7 Å². The van der Waals surface area contributed by atoms with Crippen LogP contribution in [0.15, 0.2) is 23.7 Å². The zero-order valence-electron chi connectivity index (χ0n) is 26.7. The molecule has 3 aliphatic rings. The van der Waals surface area contributed by atoms with Crippen LogP contribution in [-0.2, 0) is 26.2 Å². The number of likely N-dealkylation sites (tertiary alicyclic amines) is 1. The third kappa shape index (κ3) is 8.09. The molecule has 4 N–H and O–H groups in total. The number of hydrogen-bond acceptors (Lipinski definition) is 9. The lowest BCUT2D eigenvalue weighted by molar-refractivity contribution is -0.141. The van der Waals surface area contributed by atoms with Gasteiger partial charge in [0.2, 0.25) is 23.6 Å². The maximum atomic E-state index is 14.0. The first-order chi connectivity index (χ1) is 22.7. The van der Waals surface area contributed by atoms with Gasteiger partial charge in [-0.25, -0.2) is 4.98 Å². The van der Waals surface area contributed by atoms with Crippen LogP contribution < -0.4 is 15.8 Å². The molecule has 3 aromatic heterocycles. The van der Waals surface area contributed by atoms with E-state index in [1.165, 1.54) is 16.2 Å². The molecular formula is C33H43N7O6S. The lowest BCUT2D eigenvalue weighted by Gasteiger charge is -2.27. The summed E-state index contributed by atoms with van der Waals surface area (Å²) in [4.78, 5) is 61.4. The summed E-state index contributed by atoms with van der Waals surface area (Å²) in [6.07, 6.45) is 10.6. The second-order valence-electron chi connectivity index (χ2n) is 13.3.